The molecule has 0 radical (unpaired) electrons. The number of hydrogen-bond donors (Lipinski definition) is 1. The van der Waals surface area contributed by atoms with Crippen LogP contribution in [0.15, 0.2) is 82.8 Å². The quantitative estimate of drug-likeness (QED) is 0.498. The van der Waals surface area contributed by atoms with Crippen LogP contribution in [0.3, 0.4) is 0 Å². The van der Waals surface area contributed by atoms with Crippen molar-refractivity contribution in [2.75, 3.05) is 18.2 Å². The van der Waals surface area contributed by atoms with E-state index < -0.39 is 0 Å². The van der Waals surface area contributed by atoms with Gasteiger partial charge in [-0.15, -0.1) is 11.8 Å². The van der Waals surface area contributed by atoms with E-state index in [1.54, 1.807) is 19.2 Å². The molecule has 1 aliphatic rings. The molecule has 0 aromatic heterocycles. The first-order valence-corrected chi connectivity index (χ1v) is 11.0. The van der Waals surface area contributed by atoms with Crippen molar-refractivity contribution in [3.63, 3.8) is 0 Å². The first-order chi connectivity index (χ1) is 15.1. The minimum Gasteiger partial charge on any atom is -0.497 e. The lowest BCUT2D eigenvalue weighted by molar-refractivity contribution is -0.113. The molecule has 0 saturated heterocycles. The van der Waals surface area contributed by atoms with Gasteiger partial charge in [0.05, 0.1) is 45.7 Å². The van der Waals surface area contributed by atoms with Gasteiger partial charge in [-0.2, -0.15) is 0 Å². The number of methoxy groups -OCH3 is 1. The molecule has 0 bridgehead atoms. The van der Waals surface area contributed by atoms with Crippen molar-refractivity contribution in [1.29, 1.82) is 0 Å². The molecule has 0 spiro atoms. The van der Waals surface area contributed by atoms with Gasteiger partial charge in [0.25, 0.3) is 0 Å². The fourth-order valence-electron chi connectivity index (χ4n) is 3.11. The molecule has 1 amide bonds. The number of halogens is 1. The van der Waals surface area contributed by atoms with Gasteiger partial charge >= 0.3 is 0 Å². The number of rotatable bonds is 5. The topological polar surface area (TPSA) is 63.1 Å². The number of aliphatic imine (C=N–C) groups is 2. The normalized spacial score (nSPS) is 12.8. The SMILES string of the molecule is COc1cccc(C2=Nc3ccccc3N=C(SCC(=O)Nc3ccccc3Cl)C2)c1. The lowest BCUT2D eigenvalue weighted by Gasteiger charge is -2.10. The maximum Gasteiger partial charge on any atom is 0.234 e. The van der Waals surface area contributed by atoms with Gasteiger partial charge in [-0.25, -0.2) is 4.99 Å². The van der Waals surface area contributed by atoms with Gasteiger partial charge in [0.2, 0.25) is 5.91 Å². The number of amides is 1. The summed E-state index contributed by atoms with van der Waals surface area (Å²) in [6, 6.07) is 22.7. The summed E-state index contributed by atoms with van der Waals surface area (Å²) in [5.74, 6) is 0.846. The monoisotopic (exact) mass is 449 g/mol. The molecule has 1 heterocycles. The maximum absolute atomic E-state index is 12.5. The number of carbonyl (C=O) groups is 1. The largest absolute Gasteiger partial charge is 0.497 e. The van der Waals surface area contributed by atoms with Gasteiger partial charge in [0.1, 0.15) is 5.75 Å². The number of ether oxygens (including phenoxy) is 1. The van der Waals surface area contributed by atoms with Crippen molar-refractivity contribution in [2.45, 2.75) is 6.42 Å². The smallest absolute Gasteiger partial charge is 0.234 e. The summed E-state index contributed by atoms with van der Waals surface area (Å²) in [6.07, 6.45) is 0.520. The highest BCUT2D eigenvalue weighted by Crippen LogP contribution is 2.33. The van der Waals surface area contributed by atoms with E-state index in [2.05, 4.69) is 5.32 Å². The fraction of sp³-hybridized carbons (Fsp3) is 0.125. The number of para-hydroxylation sites is 3. The molecule has 5 nitrogen and oxygen atoms in total. The summed E-state index contributed by atoms with van der Waals surface area (Å²) >= 11 is 7.53. The van der Waals surface area contributed by atoms with Gasteiger partial charge in [0.15, 0.2) is 0 Å². The molecular weight excluding hydrogens is 430 g/mol. The van der Waals surface area contributed by atoms with Crippen molar-refractivity contribution in [3.05, 3.63) is 83.4 Å². The van der Waals surface area contributed by atoms with Crippen LogP contribution in [0.1, 0.15) is 12.0 Å². The Balaban J connectivity index is 1.55. The van der Waals surface area contributed by atoms with Gasteiger partial charge in [-0.1, -0.05) is 48.0 Å². The Labute approximate surface area is 190 Å². The van der Waals surface area contributed by atoms with Crippen LogP contribution in [0.5, 0.6) is 5.75 Å². The average molecular weight is 450 g/mol. The first-order valence-electron chi connectivity index (χ1n) is 9.68. The van der Waals surface area contributed by atoms with Crippen LogP contribution in [-0.2, 0) is 4.79 Å². The number of carbonyl (C=O) groups excluding carboxylic acids is 1. The maximum atomic E-state index is 12.5. The molecule has 3 aromatic rings. The Morgan fingerprint density at radius 1 is 1.03 bits per heavy atom. The third kappa shape index (κ3) is 5.34. The zero-order valence-corrected chi connectivity index (χ0v) is 18.4. The number of nitrogens with one attached hydrogen (secondary N) is 1. The number of fused-ring (bicyclic) bond motifs is 1. The standard InChI is InChI=1S/C24H20ClN3O2S/c1-30-17-8-6-7-16(13-17)22-14-24(28-21-12-5-4-11-20(21)26-22)31-15-23(29)27-19-10-3-2-9-18(19)25/h2-13H,14-15H2,1H3,(H,27,29). The Morgan fingerprint density at radius 2 is 1.77 bits per heavy atom. The highest BCUT2D eigenvalue weighted by molar-refractivity contribution is 8.14. The predicted molar refractivity (Wildman–Crippen MR) is 130 cm³/mol. The molecule has 7 heteroatoms. The second-order valence-electron chi connectivity index (χ2n) is 6.78. The summed E-state index contributed by atoms with van der Waals surface area (Å²) in [5.41, 5.74) is 4.03. The molecule has 0 aliphatic carbocycles. The van der Waals surface area contributed by atoms with Gasteiger partial charge < -0.3 is 10.1 Å². The highest BCUT2D eigenvalue weighted by Gasteiger charge is 2.17. The van der Waals surface area contributed by atoms with E-state index in [1.807, 2.05) is 60.7 Å². The molecule has 1 aliphatic heterocycles. The number of hydrogen-bond acceptors (Lipinski definition) is 5. The van der Waals surface area contributed by atoms with E-state index in [-0.39, 0.29) is 11.7 Å². The summed E-state index contributed by atoms with van der Waals surface area (Å²) < 4.78 is 5.36. The van der Waals surface area contributed by atoms with Gasteiger partial charge in [-0.3, -0.25) is 9.79 Å². The van der Waals surface area contributed by atoms with E-state index in [1.165, 1.54) is 11.8 Å². The second-order valence-corrected chi connectivity index (χ2v) is 8.23. The van der Waals surface area contributed by atoms with E-state index in [9.17, 15) is 4.79 Å². The molecule has 31 heavy (non-hydrogen) atoms. The van der Waals surface area contributed by atoms with Crippen LogP contribution in [0, 0.1) is 0 Å². The van der Waals surface area contributed by atoms with Crippen molar-refractivity contribution in [2.24, 2.45) is 9.98 Å². The van der Waals surface area contributed by atoms with E-state index >= 15 is 0 Å². The summed E-state index contributed by atoms with van der Waals surface area (Å²) in [5, 5.41) is 4.18. The van der Waals surface area contributed by atoms with Crippen LogP contribution in [0.2, 0.25) is 5.02 Å². The first kappa shape index (κ1) is 21.2. The van der Waals surface area contributed by atoms with E-state index in [0.717, 1.165) is 33.4 Å². The number of thioether (sulfide) groups is 1. The number of nitrogens with zero attached hydrogens (tertiary/aromatic N) is 2. The molecule has 1 N–H and O–H groups in total. The Morgan fingerprint density at radius 3 is 2.55 bits per heavy atom. The number of anilines is 1. The third-order valence-electron chi connectivity index (χ3n) is 4.62. The van der Waals surface area contributed by atoms with Crippen LogP contribution >= 0.6 is 23.4 Å². The Bertz CT molecular complexity index is 1180. The van der Waals surface area contributed by atoms with Gasteiger partial charge in [-0.05, 0) is 36.4 Å². The number of benzene rings is 3. The molecule has 4 rings (SSSR count). The van der Waals surface area contributed by atoms with Crippen molar-refractivity contribution in [1.82, 2.24) is 0 Å². The fourth-order valence-corrected chi connectivity index (χ4v) is 4.06. The molecule has 3 aromatic carbocycles. The van der Waals surface area contributed by atoms with Crippen molar-refractivity contribution >= 4 is 57.1 Å². The van der Waals surface area contributed by atoms with Crippen LogP contribution < -0.4 is 10.1 Å². The van der Waals surface area contributed by atoms with Crippen LogP contribution in [0.25, 0.3) is 0 Å². The van der Waals surface area contributed by atoms with E-state index in [4.69, 9.17) is 26.3 Å². The molecule has 0 saturated carbocycles. The Hall–Kier alpha value is -3.09. The third-order valence-corrected chi connectivity index (χ3v) is 5.93. The highest BCUT2D eigenvalue weighted by atomic mass is 35.5. The van der Waals surface area contributed by atoms with E-state index in [0.29, 0.717) is 17.1 Å². The lowest BCUT2D eigenvalue weighted by Crippen LogP contribution is -2.16. The zero-order chi connectivity index (χ0) is 21.6. The predicted octanol–water partition coefficient (Wildman–Crippen LogP) is 6.28. The van der Waals surface area contributed by atoms with Crippen molar-refractivity contribution in [3.8, 4) is 5.75 Å². The van der Waals surface area contributed by atoms with Crippen LogP contribution in [-0.4, -0.2) is 29.5 Å². The van der Waals surface area contributed by atoms with Crippen molar-refractivity contribution < 1.29 is 9.53 Å². The summed E-state index contributed by atoms with van der Waals surface area (Å²) in [7, 11) is 1.64. The molecule has 156 valence electrons. The molecule has 0 fully saturated rings. The molecule has 0 unspecified atom stereocenters. The summed E-state index contributed by atoms with van der Waals surface area (Å²) in [6.45, 7) is 0. The van der Waals surface area contributed by atoms with Crippen LogP contribution in [0.4, 0.5) is 17.1 Å². The molecule has 0 atom stereocenters. The average Bonchev–Trinajstić information content (AvgIpc) is 2.98. The minimum atomic E-state index is -0.141. The molecular formula is C24H20ClN3O2S. The minimum absolute atomic E-state index is 0.141. The zero-order valence-electron chi connectivity index (χ0n) is 16.8. The second kappa shape index (κ2) is 9.81. The summed E-state index contributed by atoms with van der Waals surface area (Å²) in [4.78, 5) is 22.1. The lowest BCUT2D eigenvalue weighted by atomic mass is 10.1. The Kier molecular flexibility index (Phi) is 6.70. The van der Waals surface area contributed by atoms with Gasteiger partial charge in [0, 0.05) is 12.0 Å².